The fourth-order valence-electron chi connectivity index (χ4n) is 0.539. The molecular weight excluding hydrogens is 140 g/mol. The SMILES string of the molecule is CC[Si](Cl)(CC)OC. The van der Waals surface area contributed by atoms with Crippen LogP contribution in [0.5, 0.6) is 0 Å². The Morgan fingerprint density at radius 1 is 1.38 bits per heavy atom. The first-order valence-electron chi connectivity index (χ1n) is 2.92. The van der Waals surface area contributed by atoms with Crippen LogP contribution in [0.1, 0.15) is 13.8 Å². The first kappa shape index (κ1) is 8.47. The first-order chi connectivity index (χ1) is 3.68. The van der Waals surface area contributed by atoms with E-state index in [2.05, 4.69) is 13.8 Å². The molecule has 0 aromatic heterocycles. The molecule has 0 amide bonds. The van der Waals surface area contributed by atoms with Gasteiger partial charge in [-0.05, 0) is 12.1 Å². The molecule has 8 heavy (non-hydrogen) atoms. The fourth-order valence-corrected chi connectivity index (χ4v) is 1.62. The quantitative estimate of drug-likeness (QED) is 0.446. The Labute approximate surface area is 56.8 Å². The van der Waals surface area contributed by atoms with E-state index in [0.717, 1.165) is 12.1 Å². The summed E-state index contributed by atoms with van der Waals surface area (Å²) in [5.74, 6) is 0. The molecule has 50 valence electrons. The van der Waals surface area contributed by atoms with Gasteiger partial charge in [0.1, 0.15) is 0 Å². The summed E-state index contributed by atoms with van der Waals surface area (Å²) in [6.45, 7) is 4.15. The summed E-state index contributed by atoms with van der Waals surface area (Å²) in [5.41, 5.74) is 0. The highest BCUT2D eigenvalue weighted by molar-refractivity contribution is 7.16. The third-order valence-electron chi connectivity index (χ3n) is 1.42. The molecule has 0 atom stereocenters. The molecule has 1 nitrogen and oxygen atoms in total. The minimum atomic E-state index is -1.70. The fraction of sp³-hybridized carbons (Fsp3) is 1.00. The van der Waals surface area contributed by atoms with E-state index < -0.39 is 7.63 Å². The van der Waals surface area contributed by atoms with Crippen LogP contribution < -0.4 is 0 Å². The second-order valence-corrected chi connectivity index (χ2v) is 7.45. The van der Waals surface area contributed by atoms with Gasteiger partial charge in [0, 0.05) is 7.11 Å². The van der Waals surface area contributed by atoms with Crippen LogP contribution in [-0.2, 0) is 4.43 Å². The maximum Gasteiger partial charge on any atom is 0.289 e. The molecule has 0 aliphatic heterocycles. The van der Waals surface area contributed by atoms with Gasteiger partial charge in [0.2, 0.25) is 0 Å². The zero-order chi connectivity index (χ0) is 6.62. The van der Waals surface area contributed by atoms with Crippen LogP contribution in [0.4, 0.5) is 0 Å². The van der Waals surface area contributed by atoms with Crippen molar-refractivity contribution in [3.63, 3.8) is 0 Å². The van der Waals surface area contributed by atoms with E-state index in [9.17, 15) is 0 Å². The van der Waals surface area contributed by atoms with Crippen molar-refractivity contribution in [1.82, 2.24) is 0 Å². The van der Waals surface area contributed by atoms with Gasteiger partial charge in [-0.1, -0.05) is 13.8 Å². The van der Waals surface area contributed by atoms with E-state index >= 15 is 0 Å². The molecule has 0 aromatic carbocycles. The molecule has 0 heterocycles. The van der Waals surface area contributed by atoms with Gasteiger partial charge < -0.3 is 4.43 Å². The number of hydrogen-bond donors (Lipinski definition) is 0. The maximum atomic E-state index is 6.01. The van der Waals surface area contributed by atoms with Crippen molar-refractivity contribution in [2.45, 2.75) is 25.9 Å². The molecule has 0 N–H and O–H groups in total. The number of rotatable bonds is 3. The molecule has 0 saturated carbocycles. The van der Waals surface area contributed by atoms with Crippen molar-refractivity contribution in [2.24, 2.45) is 0 Å². The summed E-state index contributed by atoms with van der Waals surface area (Å²) < 4.78 is 5.14. The predicted molar refractivity (Wildman–Crippen MR) is 39.6 cm³/mol. The van der Waals surface area contributed by atoms with E-state index in [4.69, 9.17) is 15.5 Å². The Morgan fingerprint density at radius 3 is 1.75 bits per heavy atom. The number of hydrogen-bond acceptors (Lipinski definition) is 1. The molecule has 0 aromatic rings. The van der Waals surface area contributed by atoms with Crippen LogP contribution in [-0.4, -0.2) is 14.7 Å². The van der Waals surface area contributed by atoms with Gasteiger partial charge in [0.25, 0.3) is 7.63 Å². The zero-order valence-electron chi connectivity index (χ0n) is 5.70. The lowest BCUT2D eigenvalue weighted by Gasteiger charge is -2.17. The first-order valence-corrected chi connectivity index (χ1v) is 6.26. The Morgan fingerprint density at radius 2 is 1.75 bits per heavy atom. The number of halogens is 1. The molecule has 0 rings (SSSR count). The van der Waals surface area contributed by atoms with Gasteiger partial charge in [0.15, 0.2) is 0 Å². The molecule has 0 spiro atoms. The second-order valence-electron chi connectivity index (χ2n) is 1.79. The summed E-state index contributed by atoms with van der Waals surface area (Å²) in [4.78, 5) is 0. The van der Waals surface area contributed by atoms with Crippen LogP contribution in [0, 0.1) is 0 Å². The van der Waals surface area contributed by atoms with E-state index in [1.165, 1.54) is 0 Å². The van der Waals surface area contributed by atoms with Gasteiger partial charge in [-0.3, -0.25) is 0 Å². The van der Waals surface area contributed by atoms with Gasteiger partial charge in [0.05, 0.1) is 0 Å². The lowest BCUT2D eigenvalue weighted by molar-refractivity contribution is 0.412. The van der Waals surface area contributed by atoms with Crippen molar-refractivity contribution >= 4 is 18.7 Å². The van der Waals surface area contributed by atoms with Crippen molar-refractivity contribution < 1.29 is 4.43 Å². The predicted octanol–water partition coefficient (Wildman–Crippen LogP) is 2.35. The topological polar surface area (TPSA) is 9.23 Å². The van der Waals surface area contributed by atoms with E-state index in [0.29, 0.717) is 0 Å². The van der Waals surface area contributed by atoms with Crippen LogP contribution in [0.15, 0.2) is 0 Å². The van der Waals surface area contributed by atoms with Crippen LogP contribution in [0.2, 0.25) is 12.1 Å². The van der Waals surface area contributed by atoms with E-state index in [-0.39, 0.29) is 0 Å². The lowest BCUT2D eigenvalue weighted by Crippen LogP contribution is -2.27. The van der Waals surface area contributed by atoms with Crippen LogP contribution >= 0.6 is 11.1 Å². The minimum absolute atomic E-state index is 1.00. The maximum absolute atomic E-state index is 6.01. The standard InChI is InChI=1S/C5H13ClOSi/c1-4-8(6,5-2)7-3/h4-5H2,1-3H3. The van der Waals surface area contributed by atoms with Crippen LogP contribution in [0.25, 0.3) is 0 Å². The molecule has 0 fully saturated rings. The highest BCUT2D eigenvalue weighted by atomic mass is 35.6. The van der Waals surface area contributed by atoms with Gasteiger partial charge in [-0.15, -0.1) is 11.1 Å². The zero-order valence-corrected chi connectivity index (χ0v) is 7.46. The van der Waals surface area contributed by atoms with Gasteiger partial charge >= 0.3 is 0 Å². The van der Waals surface area contributed by atoms with Crippen molar-refractivity contribution in [3.05, 3.63) is 0 Å². The van der Waals surface area contributed by atoms with E-state index in [1.807, 2.05) is 0 Å². The van der Waals surface area contributed by atoms with Gasteiger partial charge in [-0.2, -0.15) is 0 Å². The highest BCUT2D eigenvalue weighted by Gasteiger charge is 2.25. The van der Waals surface area contributed by atoms with E-state index in [1.54, 1.807) is 7.11 Å². The summed E-state index contributed by atoms with van der Waals surface area (Å²) >= 11 is 6.01. The largest absolute Gasteiger partial charge is 0.406 e. The third kappa shape index (κ3) is 2.16. The van der Waals surface area contributed by atoms with Crippen LogP contribution in [0.3, 0.4) is 0 Å². The summed E-state index contributed by atoms with van der Waals surface area (Å²) in [6.07, 6.45) is 0. The molecule has 3 heteroatoms. The summed E-state index contributed by atoms with van der Waals surface area (Å²) in [7, 11) is 0.00154. The third-order valence-corrected chi connectivity index (χ3v) is 6.33. The monoisotopic (exact) mass is 152 g/mol. The Balaban J connectivity index is 3.58. The lowest BCUT2D eigenvalue weighted by atomic mass is 11.0. The average Bonchev–Trinajstić information content (AvgIpc) is 1.87. The summed E-state index contributed by atoms with van der Waals surface area (Å²) in [6, 6.07) is 2.00. The Bertz CT molecular complexity index is 55.2. The van der Waals surface area contributed by atoms with Crippen molar-refractivity contribution in [1.29, 1.82) is 0 Å². The smallest absolute Gasteiger partial charge is 0.289 e. The molecule has 0 unspecified atom stereocenters. The summed E-state index contributed by atoms with van der Waals surface area (Å²) in [5, 5.41) is 0. The van der Waals surface area contributed by atoms with Crippen molar-refractivity contribution in [3.8, 4) is 0 Å². The highest BCUT2D eigenvalue weighted by Crippen LogP contribution is 2.19. The molecule has 0 aliphatic rings. The minimum Gasteiger partial charge on any atom is -0.406 e. The molecular formula is C5H13ClOSi. The van der Waals surface area contributed by atoms with Gasteiger partial charge in [-0.25, -0.2) is 0 Å². The second kappa shape index (κ2) is 3.48. The average molecular weight is 153 g/mol. The molecule has 0 saturated heterocycles. The Hall–Kier alpha value is 0.467. The normalized spacial score (nSPS) is 12.0. The Kier molecular flexibility index (Phi) is 3.69. The molecule has 0 radical (unpaired) electrons. The van der Waals surface area contributed by atoms with Crippen molar-refractivity contribution in [2.75, 3.05) is 7.11 Å². The molecule has 0 aliphatic carbocycles. The molecule has 0 bridgehead atoms.